The first-order valence-electron chi connectivity index (χ1n) is 7.26. The molecule has 1 atom stereocenters. The SMILES string of the molecule is Cn1nccc1S(=O)(=O)N[C@@H]1CCCN(c2ncc[nH]c2=O)C1. The quantitative estimate of drug-likeness (QED) is 0.773. The molecule has 10 heteroatoms. The van der Waals surface area contributed by atoms with E-state index in [2.05, 4.69) is 19.8 Å². The zero-order chi connectivity index (χ0) is 16.4. The van der Waals surface area contributed by atoms with E-state index in [-0.39, 0.29) is 16.6 Å². The normalized spacial score (nSPS) is 19.0. The van der Waals surface area contributed by atoms with Crippen LogP contribution >= 0.6 is 0 Å². The molecule has 23 heavy (non-hydrogen) atoms. The van der Waals surface area contributed by atoms with E-state index in [9.17, 15) is 13.2 Å². The molecule has 1 aliphatic heterocycles. The molecular weight excluding hydrogens is 320 g/mol. The summed E-state index contributed by atoms with van der Waals surface area (Å²) < 4.78 is 28.8. The lowest BCUT2D eigenvalue weighted by Gasteiger charge is -2.33. The summed E-state index contributed by atoms with van der Waals surface area (Å²) in [6.07, 6.45) is 5.90. The van der Waals surface area contributed by atoms with Gasteiger partial charge in [0.25, 0.3) is 15.6 Å². The maximum absolute atomic E-state index is 12.4. The predicted molar refractivity (Wildman–Crippen MR) is 83.6 cm³/mol. The minimum Gasteiger partial charge on any atom is -0.350 e. The number of aromatic nitrogens is 4. The van der Waals surface area contributed by atoms with Gasteiger partial charge in [0.05, 0.1) is 6.20 Å². The van der Waals surface area contributed by atoms with Gasteiger partial charge in [-0.25, -0.2) is 18.1 Å². The van der Waals surface area contributed by atoms with Crippen molar-refractivity contribution in [2.24, 2.45) is 7.05 Å². The third-order valence-corrected chi connectivity index (χ3v) is 5.38. The Labute approximate surface area is 133 Å². The second-order valence-corrected chi connectivity index (χ2v) is 7.10. The number of nitrogens with zero attached hydrogens (tertiary/aromatic N) is 4. The Morgan fingerprint density at radius 2 is 2.22 bits per heavy atom. The number of sulfonamides is 1. The van der Waals surface area contributed by atoms with Crippen molar-refractivity contribution >= 4 is 15.8 Å². The summed E-state index contributed by atoms with van der Waals surface area (Å²) >= 11 is 0. The topological polar surface area (TPSA) is 113 Å². The first-order valence-corrected chi connectivity index (χ1v) is 8.74. The van der Waals surface area contributed by atoms with Gasteiger partial charge in [-0.1, -0.05) is 0 Å². The minimum absolute atomic E-state index is 0.116. The van der Waals surface area contributed by atoms with Crippen LogP contribution in [0, 0.1) is 0 Å². The first kappa shape index (κ1) is 15.7. The fraction of sp³-hybridized carbons (Fsp3) is 0.462. The standard InChI is InChI=1S/C13H18N6O3S/c1-18-11(4-5-16-18)23(21,22)17-10-3-2-8-19(9-10)12-13(20)15-7-6-14-12/h4-7,10,17H,2-3,8-9H2,1H3,(H,15,20)/t10-/m1/s1. The van der Waals surface area contributed by atoms with Crippen LogP contribution in [0.2, 0.25) is 0 Å². The van der Waals surface area contributed by atoms with Crippen molar-refractivity contribution in [3.63, 3.8) is 0 Å². The summed E-state index contributed by atoms with van der Waals surface area (Å²) in [6, 6.07) is 1.16. The van der Waals surface area contributed by atoms with Gasteiger partial charge in [-0.2, -0.15) is 5.10 Å². The summed E-state index contributed by atoms with van der Waals surface area (Å²) in [5.41, 5.74) is -0.275. The molecule has 0 aliphatic carbocycles. The number of anilines is 1. The van der Waals surface area contributed by atoms with Crippen LogP contribution < -0.4 is 15.2 Å². The summed E-state index contributed by atoms with van der Waals surface area (Å²) in [4.78, 5) is 20.3. The van der Waals surface area contributed by atoms with E-state index in [4.69, 9.17) is 0 Å². The van der Waals surface area contributed by atoms with Gasteiger partial charge in [-0.15, -0.1) is 0 Å². The van der Waals surface area contributed by atoms with Crippen molar-refractivity contribution in [1.82, 2.24) is 24.5 Å². The molecule has 0 bridgehead atoms. The molecule has 0 aromatic carbocycles. The Balaban J connectivity index is 1.76. The second-order valence-electron chi connectivity index (χ2n) is 5.44. The maximum atomic E-state index is 12.4. The van der Waals surface area contributed by atoms with Crippen molar-refractivity contribution in [3.8, 4) is 0 Å². The van der Waals surface area contributed by atoms with Crippen molar-refractivity contribution in [1.29, 1.82) is 0 Å². The fourth-order valence-corrected chi connectivity index (χ4v) is 4.13. The van der Waals surface area contributed by atoms with E-state index in [0.717, 1.165) is 6.42 Å². The van der Waals surface area contributed by atoms with Crippen LogP contribution in [0.15, 0.2) is 34.5 Å². The van der Waals surface area contributed by atoms with Crippen molar-refractivity contribution in [2.75, 3.05) is 18.0 Å². The summed E-state index contributed by atoms with van der Waals surface area (Å²) in [5, 5.41) is 4.00. The molecule has 0 radical (unpaired) electrons. The van der Waals surface area contributed by atoms with Gasteiger partial charge in [0.1, 0.15) is 0 Å². The molecule has 9 nitrogen and oxygen atoms in total. The minimum atomic E-state index is -3.65. The predicted octanol–water partition coefficient (Wildman–Crippen LogP) is -0.549. The number of H-pyrrole nitrogens is 1. The largest absolute Gasteiger partial charge is 0.350 e. The van der Waals surface area contributed by atoms with Gasteiger partial charge in [-0.3, -0.25) is 9.48 Å². The number of aryl methyl sites for hydroxylation is 1. The molecule has 2 aromatic heterocycles. The lowest BCUT2D eigenvalue weighted by atomic mass is 10.1. The highest BCUT2D eigenvalue weighted by atomic mass is 32.2. The molecule has 3 rings (SSSR count). The van der Waals surface area contributed by atoms with Crippen LogP contribution in [0.4, 0.5) is 5.82 Å². The lowest BCUT2D eigenvalue weighted by molar-refractivity contribution is 0.460. The summed E-state index contributed by atoms with van der Waals surface area (Å²) in [5.74, 6) is 0.317. The number of hydrogen-bond acceptors (Lipinski definition) is 6. The summed E-state index contributed by atoms with van der Waals surface area (Å²) in [7, 11) is -2.07. The van der Waals surface area contributed by atoms with Crippen molar-refractivity contribution in [3.05, 3.63) is 35.0 Å². The molecule has 0 amide bonds. The number of aromatic amines is 1. The van der Waals surface area contributed by atoms with Gasteiger partial charge >= 0.3 is 0 Å². The van der Waals surface area contributed by atoms with Gasteiger partial charge in [0, 0.05) is 38.6 Å². The Bertz CT molecular complexity index is 843. The molecule has 1 fully saturated rings. The van der Waals surface area contributed by atoms with Gasteiger partial charge in [0.2, 0.25) is 0 Å². The molecule has 0 saturated carbocycles. The highest BCUT2D eigenvalue weighted by Gasteiger charge is 2.28. The zero-order valence-corrected chi connectivity index (χ0v) is 13.5. The first-order chi connectivity index (χ1) is 11.0. The van der Waals surface area contributed by atoms with Gasteiger partial charge in [-0.05, 0) is 18.9 Å². The molecule has 2 aromatic rings. The third-order valence-electron chi connectivity index (χ3n) is 3.78. The summed E-state index contributed by atoms with van der Waals surface area (Å²) in [6.45, 7) is 1.07. The maximum Gasteiger partial charge on any atom is 0.290 e. The molecule has 2 N–H and O–H groups in total. The molecule has 124 valence electrons. The Morgan fingerprint density at radius 1 is 1.39 bits per heavy atom. The third kappa shape index (κ3) is 3.27. The Morgan fingerprint density at radius 3 is 2.91 bits per heavy atom. The van der Waals surface area contributed by atoms with E-state index in [1.54, 1.807) is 11.9 Å². The van der Waals surface area contributed by atoms with E-state index in [1.165, 1.54) is 29.3 Å². The number of piperidine rings is 1. The number of hydrogen-bond donors (Lipinski definition) is 2. The van der Waals surface area contributed by atoms with Gasteiger partial charge in [0.15, 0.2) is 10.8 Å². The van der Waals surface area contributed by atoms with Crippen LogP contribution in [-0.2, 0) is 17.1 Å². The van der Waals surface area contributed by atoms with Crippen LogP contribution in [-0.4, -0.2) is 47.3 Å². The van der Waals surface area contributed by atoms with Gasteiger partial charge < -0.3 is 9.88 Å². The van der Waals surface area contributed by atoms with E-state index >= 15 is 0 Å². The average Bonchev–Trinajstić information content (AvgIpc) is 2.95. The van der Waals surface area contributed by atoms with Crippen LogP contribution in [0.5, 0.6) is 0 Å². The second kappa shape index (κ2) is 6.13. The number of nitrogens with one attached hydrogen (secondary N) is 2. The molecule has 3 heterocycles. The highest BCUT2D eigenvalue weighted by molar-refractivity contribution is 7.89. The number of rotatable bonds is 4. The van der Waals surface area contributed by atoms with Crippen molar-refractivity contribution < 1.29 is 8.42 Å². The Kier molecular flexibility index (Phi) is 4.18. The molecule has 0 unspecified atom stereocenters. The average molecular weight is 338 g/mol. The molecular formula is C13H18N6O3S. The monoisotopic (exact) mass is 338 g/mol. The Hall–Kier alpha value is -2.20. The van der Waals surface area contributed by atoms with Crippen LogP contribution in [0.25, 0.3) is 0 Å². The molecule has 1 saturated heterocycles. The fourth-order valence-electron chi connectivity index (χ4n) is 2.74. The van der Waals surface area contributed by atoms with E-state index < -0.39 is 10.0 Å². The smallest absolute Gasteiger partial charge is 0.290 e. The van der Waals surface area contributed by atoms with Crippen LogP contribution in [0.3, 0.4) is 0 Å². The van der Waals surface area contributed by atoms with Crippen LogP contribution in [0.1, 0.15) is 12.8 Å². The highest BCUT2D eigenvalue weighted by Crippen LogP contribution is 2.16. The zero-order valence-electron chi connectivity index (χ0n) is 12.6. The van der Waals surface area contributed by atoms with Crippen molar-refractivity contribution in [2.45, 2.75) is 23.9 Å². The lowest BCUT2D eigenvalue weighted by Crippen LogP contribution is -2.49. The molecule has 1 aliphatic rings. The molecule has 0 spiro atoms. The van der Waals surface area contributed by atoms with E-state index in [1.807, 2.05) is 0 Å². The van der Waals surface area contributed by atoms with E-state index in [0.29, 0.717) is 25.3 Å².